The van der Waals surface area contributed by atoms with Crippen molar-refractivity contribution in [3.05, 3.63) is 89.5 Å². The summed E-state index contributed by atoms with van der Waals surface area (Å²) in [6.45, 7) is 1.85. The standard InChI is InChI=1S/C22H17NO3/c1-15(26-21-13-16(14-23)7-12-20(21)22(24)25)17-8-10-19(11-9-17)18-5-3-2-4-6-18/h2-13,15H,1H3,(H,24,25). The number of carboxylic acid groups (broad SMARTS) is 1. The van der Waals surface area contributed by atoms with E-state index in [0.29, 0.717) is 5.56 Å². The van der Waals surface area contributed by atoms with Crippen molar-refractivity contribution >= 4 is 5.97 Å². The number of carboxylic acids is 1. The summed E-state index contributed by atoms with van der Waals surface area (Å²) in [7, 11) is 0. The molecule has 3 aromatic rings. The average molecular weight is 343 g/mol. The molecule has 0 spiro atoms. The topological polar surface area (TPSA) is 70.3 Å². The number of hydrogen-bond acceptors (Lipinski definition) is 3. The van der Waals surface area contributed by atoms with Crippen molar-refractivity contribution < 1.29 is 14.6 Å². The van der Waals surface area contributed by atoms with Gasteiger partial charge in [-0.2, -0.15) is 5.26 Å². The monoisotopic (exact) mass is 343 g/mol. The minimum Gasteiger partial charge on any atom is -0.485 e. The molecule has 1 unspecified atom stereocenters. The van der Waals surface area contributed by atoms with Crippen molar-refractivity contribution in [2.75, 3.05) is 0 Å². The fourth-order valence-electron chi connectivity index (χ4n) is 2.70. The van der Waals surface area contributed by atoms with E-state index in [1.54, 1.807) is 0 Å². The highest BCUT2D eigenvalue weighted by molar-refractivity contribution is 5.91. The van der Waals surface area contributed by atoms with E-state index in [0.717, 1.165) is 16.7 Å². The molecule has 0 aliphatic carbocycles. The van der Waals surface area contributed by atoms with Crippen molar-refractivity contribution in [2.24, 2.45) is 0 Å². The highest BCUT2D eigenvalue weighted by Gasteiger charge is 2.16. The summed E-state index contributed by atoms with van der Waals surface area (Å²) < 4.78 is 5.85. The van der Waals surface area contributed by atoms with E-state index in [1.807, 2.05) is 67.6 Å². The van der Waals surface area contributed by atoms with E-state index in [2.05, 4.69) is 0 Å². The zero-order valence-corrected chi connectivity index (χ0v) is 14.2. The van der Waals surface area contributed by atoms with E-state index in [1.165, 1.54) is 18.2 Å². The Morgan fingerprint density at radius 2 is 1.65 bits per heavy atom. The number of ether oxygens (including phenoxy) is 1. The predicted molar refractivity (Wildman–Crippen MR) is 99.0 cm³/mol. The van der Waals surface area contributed by atoms with Crippen molar-refractivity contribution in [1.29, 1.82) is 5.26 Å². The van der Waals surface area contributed by atoms with Gasteiger partial charge in [-0.3, -0.25) is 0 Å². The minimum atomic E-state index is -1.09. The van der Waals surface area contributed by atoms with E-state index >= 15 is 0 Å². The van der Waals surface area contributed by atoms with E-state index < -0.39 is 5.97 Å². The van der Waals surface area contributed by atoms with Crippen molar-refractivity contribution in [1.82, 2.24) is 0 Å². The highest BCUT2D eigenvalue weighted by atomic mass is 16.5. The van der Waals surface area contributed by atoms with E-state index in [4.69, 9.17) is 10.00 Å². The summed E-state index contributed by atoms with van der Waals surface area (Å²) in [6.07, 6.45) is -0.355. The minimum absolute atomic E-state index is 0.0387. The van der Waals surface area contributed by atoms with E-state index in [9.17, 15) is 9.90 Å². The second-order valence-corrected chi connectivity index (χ2v) is 5.88. The Morgan fingerprint density at radius 1 is 1.00 bits per heavy atom. The van der Waals surface area contributed by atoms with Crippen LogP contribution in [0.2, 0.25) is 0 Å². The van der Waals surface area contributed by atoms with Crippen LogP contribution in [0.1, 0.15) is 34.5 Å². The summed E-state index contributed by atoms with van der Waals surface area (Å²) in [6, 6.07) is 24.3. The molecule has 0 amide bonds. The van der Waals surface area contributed by atoms with Crippen molar-refractivity contribution in [3.8, 4) is 22.9 Å². The summed E-state index contributed by atoms with van der Waals surface area (Å²) in [5.41, 5.74) is 3.54. The number of aromatic carboxylic acids is 1. The molecule has 0 saturated heterocycles. The molecule has 3 rings (SSSR count). The number of benzene rings is 3. The fraction of sp³-hybridized carbons (Fsp3) is 0.0909. The van der Waals surface area contributed by atoms with Crippen LogP contribution in [0.5, 0.6) is 5.75 Å². The van der Waals surface area contributed by atoms with Crippen LogP contribution in [0.4, 0.5) is 0 Å². The van der Waals surface area contributed by atoms with Crippen LogP contribution in [0, 0.1) is 11.3 Å². The summed E-state index contributed by atoms with van der Waals surface area (Å²) in [5, 5.41) is 18.3. The van der Waals surface area contributed by atoms with Gasteiger partial charge < -0.3 is 9.84 Å². The summed E-state index contributed by atoms with van der Waals surface area (Å²) in [5.74, 6) is -0.896. The quantitative estimate of drug-likeness (QED) is 0.702. The molecule has 0 aromatic heterocycles. The lowest BCUT2D eigenvalue weighted by atomic mass is 10.0. The fourth-order valence-corrected chi connectivity index (χ4v) is 2.70. The van der Waals surface area contributed by atoms with Crippen LogP contribution in [-0.2, 0) is 0 Å². The third kappa shape index (κ3) is 3.73. The maximum absolute atomic E-state index is 11.4. The van der Waals surface area contributed by atoms with Crippen LogP contribution >= 0.6 is 0 Å². The molecule has 0 heterocycles. The van der Waals surface area contributed by atoms with Gasteiger partial charge in [0.2, 0.25) is 0 Å². The number of hydrogen-bond donors (Lipinski definition) is 1. The zero-order valence-electron chi connectivity index (χ0n) is 14.2. The van der Waals surface area contributed by atoms with Gasteiger partial charge in [-0.25, -0.2) is 4.79 Å². The van der Waals surface area contributed by atoms with Gasteiger partial charge in [0, 0.05) is 0 Å². The van der Waals surface area contributed by atoms with Crippen LogP contribution in [0.15, 0.2) is 72.8 Å². The molecule has 3 aromatic carbocycles. The Kier molecular flexibility index (Phi) is 5.00. The van der Waals surface area contributed by atoms with Gasteiger partial charge in [0.05, 0.1) is 11.6 Å². The second kappa shape index (κ2) is 7.54. The molecule has 0 aliphatic heterocycles. The maximum atomic E-state index is 11.4. The molecule has 1 atom stereocenters. The third-order valence-corrected chi connectivity index (χ3v) is 4.13. The highest BCUT2D eigenvalue weighted by Crippen LogP contribution is 2.28. The molecular weight excluding hydrogens is 326 g/mol. The van der Waals surface area contributed by atoms with Crippen LogP contribution in [0.3, 0.4) is 0 Å². The first-order chi connectivity index (χ1) is 12.6. The molecule has 0 saturated carbocycles. The molecule has 26 heavy (non-hydrogen) atoms. The lowest BCUT2D eigenvalue weighted by Gasteiger charge is -2.17. The Hall–Kier alpha value is -3.58. The first-order valence-corrected chi connectivity index (χ1v) is 8.18. The SMILES string of the molecule is CC(Oc1cc(C#N)ccc1C(=O)O)c1ccc(-c2ccccc2)cc1. The average Bonchev–Trinajstić information content (AvgIpc) is 2.68. The van der Waals surface area contributed by atoms with Crippen molar-refractivity contribution in [2.45, 2.75) is 13.0 Å². The van der Waals surface area contributed by atoms with Gasteiger partial charge in [-0.15, -0.1) is 0 Å². The van der Waals surface area contributed by atoms with Gasteiger partial charge in [-0.05, 0) is 41.8 Å². The van der Waals surface area contributed by atoms with Crippen molar-refractivity contribution in [3.63, 3.8) is 0 Å². The van der Waals surface area contributed by atoms with Crippen LogP contribution in [-0.4, -0.2) is 11.1 Å². The number of rotatable bonds is 5. The summed E-state index contributed by atoms with van der Waals surface area (Å²) in [4.78, 5) is 11.4. The number of nitrogens with zero attached hydrogens (tertiary/aromatic N) is 1. The number of carbonyl (C=O) groups is 1. The molecule has 4 heteroatoms. The van der Waals surface area contributed by atoms with Crippen LogP contribution in [0.25, 0.3) is 11.1 Å². The largest absolute Gasteiger partial charge is 0.485 e. The second-order valence-electron chi connectivity index (χ2n) is 5.88. The lowest BCUT2D eigenvalue weighted by Crippen LogP contribution is -2.08. The van der Waals surface area contributed by atoms with Crippen LogP contribution < -0.4 is 4.74 Å². The first-order valence-electron chi connectivity index (χ1n) is 8.18. The first kappa shape index (κ1) is 17.2. The summed E-state index contributed by atoms with van der Waals surface area (Å²) >= 11 is 0. The Labute approximate surface area is 151 Å². The smallest absolute Gasteiger partial charge is 0.339 e. The number of nitriles is 1. The van der Waals surface area contributed by atoms with Gasteiger partial charge in [0.25, 0.3) is 0 Å². The van der Waals surface area contributed by atoms with Gasteiger partial charge in [0.1, 0.15) is 17.4 Å². The lowest BCUT2D eigenvalue weighted by molar-refractivity contribution is 0.0689. The molecule has 4 nitrogen and oxygen atoms in total. The molecular formula is C22H17NO3. The zero-order chi connectivity index (χ0) is 18.5. The molecule has 128 valence electrons. The Bertz CT molecular complexity index is 957. The van der Waals surface area contributed by atoms with Gasteiger partial charge in [-0.1, -0.05) is 54.6 Å². The molecule has 0 radical (unpaired) electrons. The molecule has 0 fully saturated rings. The maximum Gasteiger partial charge on any atom is 0.339 e. The van der Waals surface area contributed by atoms with Gasteiger partial charge >= 0.3 is 5.97 Å². The predicted octanol–water partition coefficient (Wildman–Crippen LogP) is 5.06. The van der Waals surface area contributed by atoms with E-state index in [-0.39, 0.29) is 17.4 Å². The Morgan fingerprint density at radius 3 is 2.27 bits per heavy atom. The Balaban J connectivity index is 1.83. The molecule has 1 N–H and O–H groups in total. The molecule has 0 bridgehead atoms. The third-order valence-electron chi connectivity index (χ3n) is 4.13. The molecule has 0 aliphatic rings. The normalized spacial score (nSPS) is 11.4. The van der Waals surface area contributed by atoms with Gasteiger partial charge in [0.15, 0.2) is 0 Å².